The Kier molecular flexibility index (Phi) is 4.34. The van der Waals surface area contributed by atoms with Gasteiger partial charge in [-0.05, 0) is 43.4 Å². The molecule has 1 aromatic carbocycles. The number of halogens is 1. The van der Waals surface area contributed by atoms with Crippen LogP contribution in [0.4, 0.5) is 0 Å². The van der Waals surface area contributed by atoms with E-state index in [0.717, 1.165) is 41.8 Å². The summed E-state index contributed by atoms with van der Waals surface area (Å²) in [7, 11) is 0. The van der Waals surface area contributed by atoms with Gasteiger partial charge in [0, 0.05) is 42.3 Å². The minimum Gasteiger partial charge on any atom is -0.507 e. The lowest BCUT2D eigenvalue weighted by Gasteiger charge is -2.43. The minimum absolute atomic E-state index is 0.377. The van der Waals surface area contributed by atoms with Crippen LogP contribution < -0.4 is 5.32 Å². The number of aromatic hydroxyl groups is 1. The van der Waals surface area contributed by atoms with E-state index in [4.69, 9.17) is 0 Å². The molecule has 4 heteroatoms. The number of nitrogens with one attached hydrogen (secondary N) is 1. The van der Waals surface area contributed by atoms with Crippen LogP contribution >= 0.6 is 15.9 Å². The highest BCUT2D eigenvalue weighted by Gasteiger charge is 2.35. The van der Waals surface area contributed by atoms with Crippen LogP contribution in [0.25, 0.3) is 0 Å². The Bertz CT molecular complexity index is 482. The van der Waals surface area contributed by atoms with E-state index in [2.05, 4.69) is 32.2 Å². The average molecular weight is 339 g/mol. The van der Waals surface area contributed by atoms with Crippen molar-refractivity contribution in [3.63, 3.8) is 0 Å². The van der Waals surface area contributed by atoms with E-state index in [1.165, 1.54) is 19.3 Å². The third-order valence-electron chi connectivity index (χ3n) is 4.75. The van der Waals surface area contributed by atoms with Gasteiger partial charge in [0.25, 0.3) is 0 Å². The number of hydrogen-bond donors (Lipinski definition) is 2. The molecule has 3 nitrogen and oxygen atoms in total. The Balaban J connectivity index is 1.96. The molecule has 1 saturated heterocycles. The van der Waals surface area contributed by atoms with Crippen molar-refractivity contribution in [3.8, 4) is 5.75 Å². The topological polar surface area (TPSA) is 35.5 Å². The number of phenolic OH excluding ortho intramolecular Hbond substituents is 1. The maximum atomic E-state index is 10.5. The highest BCUT2D eigenvalue weighted by Crippen LogP contribution is 2.45. The smallest absolute Gasteiger partial charge is 0.123 e. The van der Waals surface area contributed by atoms with E-state index in [-0.39, 0.29) is 0 Å². The predicted molar refractivity (Wildman–Crippen MR) is 85.1 cm³/mol. The van der Waals surface area contributed by atoms with Gasteiger partial charge >= 0.3 is 0 Å². The SMILES string of the molecule is Cc1cc(Br)cc([C@@H](C2CCC2)N2CCNCC2)c1O. The molecular weight excluding hydrogens is 316 g/mol. The summed E-state index contributed by atoms with van der Waals surface area (Å²) < 4.78 is 1.07. The van der Waals surface area contributed by atoms with Crippen LogP contribution in [0, 0.1) is 12.8 Å². The first-order valence-electron chi connectivity index (χ1n) is 7.60. The number of nitrogens with zero attached hydrogens (tertiary/aromatic N) is 1. The number of hydrogen-bond acceptors (Lipinski definition) is 3. The van der Waals surface area contributed by atoms with E-state index in [0.29, 0.717) is 17.7 Å². The summed E-state index contributed by atoms with van der Waals surface area (Å²) in [6.07, 6.45) is 3.92. The second-order valence-corrected chi connectivity index (χ2v) is 7.00. The first-order valence-corrected chi connectivity index (χ1v) is 8.40. The molecular formula is C16H23BrN2O. The van der Waals surface area contributed by atoms with Crippen LogP contribution in [-0.2, 0) is 0 Å². The molecule has 110 valence electrons. The number of piperazine rings is 1. The number of rotatable bonds is 3. The van der Waals surface area contributed by atoms with Crippen molar-refractivity contribution in [2.75, 3.05) is 26.2 Å². The molecule has 2 N–H and O–H groups in total. The Labute approximate surface area is 129 Å². The Morgan fingerprint density at radius 1 is 1.30 bits per heavy atom. The van der Waals surface area contributed by atoms with Crippen molar-refractivity contribution in [2.24, 2.45) is 5.92 Å². The first-order chi connectivity index (χ1) is 9.66. The fourth-order valence-electron chi connectivity index (χ4n) is 3.45. The third kappa shape index (κ3) is 2.74. The van der Waals surface area contributed by atoms with Crippen LogP contribution in [0.5, 0.6) is 5.75 Å². The molecule has 0 aromatic heterocycles. The highest BCUT2D eigenvalue weighted by molar-refractivity contribution is 9.10. The standard InChI is InChI=1S/C16H23BrN2O/c1-11-9-13(17)10-14(16(11)20)15(12-3-2-4-12)19-7-5-18-6-8-19/h9-10,12,15,18,20H,2-8H2,1H3/t15-/m1/s1. The van der Waals surface area contributed by atoms with Gasteiger partial charge in [-0.3, -0.25) is 4.90 Å². The van der Waals surface area contributed by atoms with E-state index in [1.54, 1.807) is 0 Å². The van der Waals surface area contributed by atoms with Crippen molar-refractivity contribution < 1.29 is 5.11 Å². The van der Waals surface area contributed by atoms with E-state index in [9.17, 15) is 5.11 Å². The first kappa shape index (κ1) is 14.4. The molecule has 1 heterocycles. The summed E-state index contributed by atoms with van der Waals surface area (Å²) in [5.41, 5.74) is 2.08. The van der Waals surface area contributed by atoms with Gasteiger partial charge in [0.05, 0.1) is 0 Å². The molecule has 0 unspecified atom stereocenters. The quantitative estimate of drug-likeness (QED) is 0.888. The number of benzene rings is 1. The predicted octanol–water partition coefficient (Wildman–Crippen LogP) is 3.21. The Hall–Kier alpha value is -0.580. The summed E-state index contributed by atoms with van der Waals surface area (Å²) in [5, 5.41) is 13.9. The zero-order chi connectivity index (χ0) is 14.1. The molecule has 0 amide bonds. The van der Waals surface area contributed by atoms with Crippen molar-refractivity contribution in [1.82, 2.24) is 10.2 Å². The lowest BCUT2D eigenvalue weighted by Crippen LogP contribution is -2.47. The van der Waals surface area contributed by atoms with Crippen molar-refractivity contribution >= 4 is 15.9 Å². The second-order valence-electron chi connectivity index (χ2n) is 6.08. The van der Waals surface area contributed by atoms with Crippen molar-refractivity contribution in [2.45, 2.75) is 32.2 Å². The van der Waals surface area contributed by atoms with Crippen molar-refractivity contribution in [3.05, 3.63) is 27.7 Å². The number of phenols is 1. The van der Waals surface area contributed by atoms with Gasteiger partial charge in [0.2, 0.25) is 0 Å². The van der Waals surface area contributed by atoms with Crippen molar-refractivity contribution in [1.29, 1.82) is 0 Å². The van der Waals surface area contributed by atoms with Crippen LogP contribution in [0.2, 0.25) is 0 Å². The molecule has 1 atom stereocenters. The molecule has 2 fully saturated rings. The fourth-order valence-corrected chi connectivity index (χ4v) is 4.04. The molecule has 0 spiro atoms. The lowest BCUT2D eigenvalue weighted by atomic mass is 9.76. The van der Waals surface area contributed by atoms with Gasteiger partial charge in [-0.2, -0.15) is 0 Å². The molecule has 1 aliphatic carbocycles. The molecule has 0 bridgehead atoms. The molecule has 1 aliphatic heterocycles. The van der Waals surface area contributed by atoms with Gasteiger partial charge in [0.15, 0.2) is 0 Å². The van der Waals surface area contributed by atoms with Gasteiger partial charge in [-0.25, -0.2) is 0 Å². The normalized spacial score (nSPS) is 22.5. The van der Waals surface area contributed by atoms with Gasteiger partial charge in [0.1, 0.15) is 5.75 Å². The largest absolute Gasteiger partial charge is 0.507 e. The monoisotopic (exact) mass is 338 g/mol. The van der Waals surface area contributed by atoms with Gasteiger partial charge < -0.3 is 10.4 Å². The van der Waals surface area contributed by atoms with E-state index < -0.39 is 0 Å². The molecule has 1 saturated carbocycles. The molecule has 2 aliphatic rings. The van der Waals surface area contributed by atoms with Crippen LogP contribution in [-0.4, -0.2) is 36.2 Å². The molecule has 0 radical (unpaired) electrons. The Morgan fingerprint density at radius 2 is 2.00 bits per heavy atom. The maximum absolute atomic E-state index is 10.5. The second kappa shape index (κ2) is 6.04. The summed E-state index contributed by atoms with van der Waals surface area (Å²) in [5.74, 6) is 1.19. The maximum Gasteiger partial charge on any atom is 0.123 e. The Morgan fingerprint density at radius 3 is 2.60 bits per heavy atom. The molecule has 20 heavy (non-hydrogen) atoms. The van der Waals surface area contributed by atoms with E-state index in [1.807, 2.05) is 13.0 Å². The van der Waals surface area contributed by atoms with E-state index >= 15 is 0 Å². The summed E-state index contributed by atoms with van der Waals surface area (Å²) >= 11 is 3.59. The van der Waals surface area contributed by atoms with Gasteiger partial charge in [-0.15, -0.1) is 0 Å². The molecule has 3 rings (SSSR count). The van der Waals surface area contributed by atoms with Crippen LogP contribution in [0.3, 0.4) is 0 Å². The minimum atomic E-state index is 0.377. The highest BCUT2D eigenvalue weighted by atomic mass is 79.9. The summed E-state index contributed by atoms with van der Waals surface area (Å²) in [6.45, 7) is 6.24. The van der Waals surface area contributed by atoms with Crippen LogP contribution in [0.15, 0.2) is 16.6 Å². The third-order valence-corrected chi connectivity index (χ3v) is 5.21. The fraction of sp³-hybridized carbons (Fsp3) is 0.625. The lowest BCUT2D eigenvalue weighted by molar-refractivity contribution is 0.0818. The number of aryl methyl sites for hydroxylation is 1. The van der Waals surface area contributed by atoms with Crippen LogP contribution in [0.1, 0.15) is 36.4 Å². The molecule has 1 aromatic rings. The van der Waals surface area contributed by atoms with Gasteiger partial charge in [-0.1, -0.05) is 22.4 Å². The summed E-state index contributed by atoms with van der Waals surface area (Å²) in [6, 6.07) is 4.49. The summed E-state index contributed by atoms with van der Waals surface area (Å²) in [4.78, 5) is 2.56. The average Bonchev–Trinajstić information content (AvgIpc) is 2.39. The zero-order valence-electron chi connectivity index (χ0n) is 12.0. The zero-order valence-corrected chi connectivity index (χ0v) is 13.6.